The van der Waals surface area contributed by atoms with Crippen molar-refractivity contribution in [2.45, 2.75) is 143 Å². The molecule has 11 nitrogen and oxygen atoms in total. The first kappa shape index (κ1) is 53.9. The first-order valence-corrected chi connectivity index (χ1v) is 25.1. The van der Waals surface area contributed by atoms with Gasteiger partial charge in [0.05, 0.1) is 22.7 Å². The minimum Gasteiger partial charge on any atom is -0.272 e. The van der Waals surface area contributed by atoms with E-state index in [0.717, 1.165) is 43.4 Å². The molecule has 0 unspecified atom stereocenters. The van der Waals surface area contributed by atoms with E-state index in [0.29, 0.717) is 42.1 Å². The number of para-hydroxylation sites is 4. The van der Waals surface area contributed by atoms with Gasteiger partial charge < -0.3 is 0 Å². The largest absolute Gasteiger partial charge is 0.272 e. The van der Waals surface area contributed by atoms with Gasteiger partial charge in [-0.05, 0) is 93.5 Å². The molecular weight excluding hydrogens is 847 g/mol. The van der Waals surface area contributed by atoms with Gasteiger partial charge in [0.2, 0.25) is 0 Å². The minimum atomic E-state index is -0.588. The number of carbonyl (C=O) groups is 4. The number of hydrazine groups is 2. The zero-order chi connectivity index (χ0) is 48.8. The van der Waals surface area contributed by atoms with E-state index in [4.69, 9.17) is 10.5 Å². The van der Waals surface area contributed by atoms with Gasteiger partial charge in [0, 0.05) is 6.54 Å². The van der Waals surface area contributed by atoms with Crippen LogP contribution in [0.5, 0.6) is 0 Å². The number of anilines is 4. The van der Waals surface area contributed by atoms with Gasteiger partial charge in [-0.3, -0.25) is 19.2 Å². The molecule has 0 bridgehead atoms. The Morgan fingerprint density at radius 1 is 0.412 bits per heavy atom. The maximum absolute atomic E-state index is 12.9. The molecule has 0 atom stereocenters. The Labute approximate surface area is 406 Å². The second-order valence-corrected chi connectivity index (χ2v) is 17.3. The van der Waals surface area contributed by atoms with E-state index in [1.807, 2.05) is 134 Å². The predicted molar refractivity (Wildman–Crippen MR) is 275 cm³/mol. The molecule has 68 heavy (non-hydrogen) atoms. The van der Waals surface area contributed by atoms with Crippen molar-refractivity contribution >= 4 is 46.4 Å². The van der Waals surface area contributed by atoms with Gasteiger partial charge in [-0.15, -0.1) is 0 Å². The number of hydrogen-bond donors (Lipinski definition) is 0. The molecule has 0 aromatic heterocycles. The summed E-state index contributed by atoms with van der Waals surface area (Å²) in [6, 6.07) is 37.4. The average molecular weight is 920 g/mol. The van der Waals surface area contributed by atoms with Crippen LogP contribution in [0.2, 0.25) is 0 Å². The highest BCUT2D eigenvalue weighted by molar-refractivity contribution is 6.23. The second-order valence-electron chi connectivity index (χ2n) is 17.3. The SMILES string of the molecule is CCCCC1C(=O)N(c2ccccc2)N(c2ccccc2)C1=O.CCCCC1C(=O)N(c2ccccc2)N(c2ccccc2)C1=O.CCCCCCCC/C=C\CCCCCCCN(C#N)C#N. The Hall–Kier alpha value is -6.72. The summed E-state index contributed by atoms with van der Waals surface area (Å²) in [5.74, 6) is -1.74. The summed E-state index contributed by atoms with van der Waals surface area (Å²) in [5, 5.41) is 23.2. The van der Waals surface area contributed by atoms with Crippen molar-refractivity contribution in [3.63, 3.8) is 0 Å². The molecule has 0 saturated carbocycles. The van der Waals surface area contributed by atoms with Crippen LogP contribution in [0.15, 0.2) is 133 Å². The van der Waals surface area contributed by atoms with Crippen LogP contribution < -0.4 is 20.0 Å². The smallest absolute Gasteiger partial charge is 0.258 e. The Balaban J connectivity index is 0.000000223. The normalized spacial score (nSPS) is 13.9. The number of amides is 4. The maximum Gasteiger partial charge on any atom is 0.258 e. The number of allylic oxidation sites excluding steroid dienone is 2. The van der Waals surface area contributed by atoms with Crippen molar-refractivity contribution in [1.29, 1.82) is 10.5 Å². The van der Waals surface area contributed by atoms with Crippen molar-refractivity contribution in [3.8, 4) is 12.4 Å². The maximum atomic E-state index is 12.9. The fourth-order valence-corrected chi connectivity index (χ4v) is 8.22. The van der Waals surface area contributed by atoms with Gasteiger partial charge >= 0.3 is 0 Å². The number of hydrogen-bond acceptors (Lipinski definition) is 7. The predicted octanol–water partition coefficient (Wildman–Crippen LogP) is 13.5. The van der Waals surface area contributed by atoms with Gasteiger partial charge in [0.25, 0.3) is 23.6 Å². The van der Waals surface area contributed by atoms with Crippen LogP contribution in [0.1, 0.15) is 143 Å². The van der Waals surface area contributed by atoms with Crippen LogP contribution in [0.3, 0.4) is 0 Å². The van der Waals surface area contributed by atoms with Crippen molar-refractivity contribution in [3.05, 3.63) is 133 Å². The summed E-state index contributed by atoms with van der Waals surface area (Å²) in [7, 11) is 0. The van der Waals surface area contributed by atoms with Crippen LogP contribution in [0.4, 0.5) is 22.7 Å². The zero-order valence-corrected chi connectivity index (χ0v) is 40.8. The number of unbranched alkanes of at least 4 members (excludes halogenated alkanes) is 13. The summed E-state index contributed by atoms with van der Waals surface area (Å²) in [4.78, 5) is 52.6. The summed E-state index contributed by atoms with van der Waals surface area (Å²) in [5.41, 5.74) is 2.87. The van der Waals surface area contributed by atoms with Crippen molar-refractivity contribution in [2.24, 2.45) is 11.8 Å². The third kappa shape index (κ3) is 16.6. The highest BCUT2D eigenvalue weighted by atomic mass is 16.2. The van der Waals surface area contributed by atoms with E-state index < -0.39 is 11.8 Å². The lowest BCUT2D eigenvalue weighted by molar-refractivity contribution is -0.128. The summed E-state index contributed by atoms with van der Waals surface area (Å²) < 4.78 is 0. The van der Waals surface area contributed by atoms with Gasteiger partial charge in [-0.2, -0.15) is 10.5 Å². The highest BCUT2D eigenvalue weighted by Crippen LogP contribution is 2.35. The molecular formula is C57H73N7O4. The molecule has 0 radical (unpaired) electrons. The van der Waals surface area contributed by atoms with Crippen LogP contribution in [-0.4, -0.2) is 35.1 Å². The van der Waals surface area contributed by atoms with E-state index in [9.17, 15) is 19.2 Å². The highest BCUT2D eigenvalue weighted by Gasteiger charge is 2.47. The molecule has 2 fully saturated rings. The number of carbonyl (C=O) groups excluding carboxylic acids is 4. The molecule has 2 aliphatic heterocycles. The first-order chi connectivity index (χ1) is 33.3. The second kappa shape index (κ2) is 31.3. The molecule has 2 aliphatic rings. The van der Waals surface area contributed by atoms with E-state index in [1.165, 1.54) is 90.7 Å². The van der Waals surface area contributed by atoms with Gasteiger partial charge in [0.15, 0.2) is 12.4 Å². The van der Waals surface area contributed by atoms with E-state index in [-0.39, 0.29) is 23.6 Å². The lowest BCUT2D eigenvalue weighted by Gasteiger charge is -2.27. The summed E-state index contributed by atoms with van der Waals surface area (Å²) in [6.45, 7) is 6.96. The number of nitriles is 2. The third-order valence-corrected chi connectivity index (χ3v) is 12.0. The molecule has 6 rings (SSSR count). The standard InChI is InChI=1S/C19H33N3.2C19H20N2O2/c1-2-3-4-5-6-7-8-9-10-11-12-13-14-15-16-17-22(18-20)19-21;2*1-2-3-14-17-18(22)20(15-10-6-4-7-11-15)21(19(17)23)16-12-8-5-9-13-16/h9-10H,2-8,11-17H2,1H3;2*4-13,17H,2-3,14H2,1H3/b10-9-;;. The Morgan fingerprint density at radius 2 is 0.691 bits per heavy atom. The molecule has 4 amide bonds. The van der Waals surface area contributed by atoms with Gasteiger partial charge in [0.1, 0.15) is 11.8 Å². The number of benzene rings is 4. The molecule has 0 N–H and O–H groups in total. The first-order valence-electron chi connectivity index (χ1n) is 25.1. The Kier molecular flexibility index (Phi) is 24.8. The summed E-state index contributed by atoms with van der Waals surface area (Å²) >= 11 is 0. The summed E-state index contributed by atoms with van der Waals surface area (Å²) in [6.07, 6.45) is 29.7. The van der Waals surface area contributed by atoms with Crippen LogP contribution in [0, 0.1) is 34.7 Å². The molecule has 2 heterocycles. The average Bonchev–Trinajstić information content (AvgIpc) is 3.78. The van der Waals surface area contributed by atoms with E-state index >= 15 is 0 Å². The van der Waals surface area contributed by atoms with Crippen molar-refractivity contribution in [1.82, 2.24) is 4.90 Å². The van der Waals surface area contributed by atoms with Crippen LogP contribution in [0.25, 0.3) is 0 Å². The van der Waals surface area contributed by atoms with Crippen molar-refractivity contribution < 1.29 is 19.2 Å². The number of nitrogens with zero attached hydrogens (tertiary/aromatic N) is 7. The van der Waals surface area contributed by atoms with Crippen molar-refractivity contribution in [2.75, 3.05) is 26.6 Å². The Morgan fingerprint density at radius 3 is 0.985 bits per heavy atom. The fraction of sp³-hybridized carbons (Fsp3) is 0.439. The molecule has 2 saturated heterocycles. The molecule has 4 aromatic carbocycles. The van der Waals surface area contributed by atoms with Crippen LogP contribution in [-0.2, 0) is 19.2 Å². The van der Waals surface area contributed by atoms with E-state index in [2.05, 4.69) is 32.9 Å². The van der Waals surface area contributed by atoms with E-state index in [1.54, 1.807) is 0 Å². The minimum absolute atomic E-state index is 0.140. The lowest BCUT2D eigenvalue weighted by Crippen LogP contribution is -2.41. The zero-order valence-electron chi connectivity index (χ0n) is 40.8. The third-order valence-electron chi connectivity index (χ3n) is 12.0. The quantitative estimate of drug-likeness (QED) is 0.0212. The molecule has 11 heteroatoms. The fourth-order valence-electron chi connectivity index (χ4n) is 8.22. The lowest BCUT2D eigenvalue weighted by atomic mass is 10.0. The molecule has 4 aromatic rings. The van der Waals surface area contributed by atoms with Crippen LogP contribution >= 0.6 is 0 Å². The monoisotopic (exact) mass is 920 g/mol. The molecule has 0 aliphatic carbocycles. The topological polar surface area (TPSA) is 132 Å². The number of rotatable bonds is 25. The van der Waals surface area contributed by atoms with Gasteiger partial charge in [-0.25, -0.2) is 24.9 Å². The Bertz CT molecular complexity index is 1940. The molecule has 0 spiro atoms. The molecule has 360 valence electrons. The van der Waals surface area contributed by atoms with Gasteiger partial charge in [-0.1, -0.05) is 183 Å².